The number of carbonyl (C=O) groups is 2. The lowest BCUT2D eigenvalue weighted by Gasteiger charge is -2.18. The molecule has 140 valence electrons. The van der Waals surface area contributed by atoms with E-state index in [1.54, 1.807) is 13.8 Å². The normalized spacial score (nSPS) is 13.3. The Morgan fingerprint density at radius 1 is 1.00 bits per heavy atom. The molecular formula is C21H28N2O3. The van der Waals surface area contributed by atoms with Crippen molar-refractivity contribution in [1.82, 2.24) is 10.6 Å². The van der Waals surface area contributed by atoms with Crippen molar-refractivity contribution in [2.24, 2.45) is 5.92 Å². The molecule has 2 N–H and O–H groups in total. The molecule has 0 fully saturated rings. The molecule has 0 saturated heterocycles. The van der Waals surface area contributed by atoms with E-state index in [-0.39, 0.29) is 24.0 Å². The molecule has 0 aliphatic rings. The van der Waals surface area contributed by atoms with Gasteiger partial charge >= 0.3 is 6.09 Å². The lowest BCUT2D eigenvalue weighted by molar-refractivity contribution is -0.122. The Kier molecular flexibility index (Phi) is 7.01. The summed E-state index contributed by atoms with van der Waals surface area (Å²) in [6, 6.07) is 14.3. The second kappa shape index (κ2) is 9.22. The van der Waals surface area contributed by atoms with E-state index >= 15 is 0 Å². The number of benzene rings is 2. The van der Waals surface area contributed by atoms with Gasteiger partial charge in [-0.05, 0) is 49.1 Å². The maximum Gasteiger partial charge on any atom is 0.407 e. The highest BCUT2D eigenvalue weighted by Crippen LogP contribution is 2.20. The van der Waals surface area contributed by atoms with Crippen molar-refractivity contribution in [3.63, 3.8) is 0 Å². The monoisotopic (exact) mass is 356 g/mol. The Morgan fingerprint density at radius 2 is 1.69 bits per heavy atom. The molecule has 0 heterocycles. The number of hydrogen-bond donors (Lipinski definition) is 2. The highest BCUT2D eigenvalue weighted by molar-refractivity contribution is 5.83. The van der Waals surface area contributed by atoms with Crippen LogP contribution < -0.4 is 10.6 Å². The topological polar surface area (TPSA) is 67.4 Å². The number of nitrogens with one attached hydrogen (secondary N) is 2. The molecule has 2 rings (SSSR count). The fraction of sp³-hybridized carbons (Fsp3) is 0.429. The van der Waals surface area contributed by atoms with Crippen LogP contribution in [0, 0.1) is 5.92 Å². The summed E-state index contributed by atoms with van der Waals surface area (Å²) in [6.07, 6.45) is -0.256. The third-order valence-electron chi connectivity index (χ3n) is 4.12. The van der Waals surface area contributed by atoms with E-state index in [9.17, 15) is 9.59 Å². The van der Waals surface area contributed by atoms with Gasteiger partial charge in [0, 0.05) is 13.0 Å². The largest absolute Gasteiger partial charge is 0.447 e. The van der Waals surface area contributed by atoms with Crippen molar-refractivity contribution in [1.29, 1.82) is 0 Å². The second-order valence-electron chi connectivity index (χ2n) is 7.04. The molecule has 0 spiro atoms. The highest BCUT2D eigenvalue weighted by Gasteiger charge is 2.14. The number of ether oxygens (including phenoxy) is 1. The molecule has 0 saturated carbocycles. The summed E-state index contributed by atoms with van der Waals surface area (Å²) in [5, 5.41) is 8.05. The van der Waals surface area contributed by atoms with E-state index in [0.717, 1.165) is 10.9 Å². The van der Waals surface area contributed by atoms with Gasteiger partial charge in [0.15, 0.2) is 0 Å². The molecule has 2 atom stereocenters. The lowest BCUT2D eigenvalue weighted by atomic mass is 10.0. The molecule has 0 bridgehead atoms. The summed E-state index contributed by atoms with van der Waals surface area (Å²) in [5.74, 6) is -0.00398. The highest BCUT2D eigenvalue weighted by atomic mass is 16.6. The maximum atomic E-state index is 12.3. The predicted octanol–water partition coefficient (Wildman–Crippen LogP) is 4.18. The van der Waals surface area contributed by atoms with Crippen LogP contribution in [-0.4, -0.2) is 24.6 Å². The van der Waals surface area contributed by atoms with Gasteiger partial charge < -0.3 is 15.4 Å². The Morgan fingerprint density at radius 3 is 2.38 bits per heavy atom. The first-order chi connectivity index (χ1) is 12.3. The van der Waals surface area contributed by atoms with Crippen LogP contribution in [0.2, 0.25) is 0 Å². The van der Waals surface area contributed by atoms with E-state index in [4.69, 9.17) is 4.74 Å². The third kappa shape index (κ3) is 6.06. The van der Waals surface area contributed by atoms with Crippen molar-refractivity contribution in [2.45, 2.75) is 46.3 Å². The molecule has 0 aliphatic carbocycles. The minimum Gasteiger partial charge on any atom is -0.447 e. The smallest absolute Gasteiger partial charge is 0.407 e. The van der Waals surface area contributed by atoms with Gasteiger partial charge in [-0.3, -0.25) is 4.79 Å². The standard InChI is InChI=1S/C21H28N2O3/c1-14(2)26-21(25)22-13-15(3)11-20(24)23-16(4)18-10-9-17-7-5-6-8-19(17)12-18/h5-10,12,14-16H,11,13H2,1-4H3,(H,22,25)(H,23,24). The quantitative estimate of drug-likeness (QED) is 0.782. The molecular weight excluding hydrogens is 328 g/mol. The number of fused-ring (bicyclic) bond motifs is 1. The zero-order valence-corrected chi connectivity index (χ0v) is 15.9. The average Bonchev–Trinajstić information content (AvgIpc) is 2.58. The van der Waals surface area contributed by atoms with Crippen molar-refractivity contribution < 1.29 is 14.3 Å². The summed E-state index contributed by atoms with van der Waals surface area (Å²) in [6.45, 7) is 7.90. The van der Waals surface area contributed by atoms with Gasteiger partial charge in [0.1, 0.15) is 0 Å². The fourth-order valence-corrected chi connectivity index (χ4v) is 2.76. The average molecular weight is 356 g/mol. The molecule has 2 aromatic carbocycles. The summed E-state index contributed by atoms with van der Waals surface area (Å²) >= 11 is 0. The van der Waals surface area contributed by atoms with Gasteiger partial charge in [-0.1, -0.05) is 43.3 Å². The summed E-state index contributed by atoms with van der Waals surface area (Å²) in [4.78, 5) is 23.7. The van der Waals surface area contributed by atoms with Gasteiger partial charge in [-0.25, -0.2) is 4.79 Å². The molecule has 5 heteroatoms. The van der Waals surface area contributed by atoms with E-state index in [1.807, 2.05) is 32.0 Å². The zero-order chi connectivity index (χ0) is 19.1. The molecule has 2 aromatic rings. The van der Waals surface area contributed by atoms with Gasteiger partial charge in [-0.15, -0.1) is 0 Å². The van der Waals surface area contributed by atoms with E-state index in [1.165, 1.54) is 5.39 Å². The van der Waals surface area contributed by atoms with Crippen LogP contribution in [0.5, 0.6) is 0 Å². The van der Waals surface area contributed by atoms with Crippen LogP contribution in [-0.2, 0) is 9.53 Å². The van der Waals surface area contributed by atoms with Gasteiger partial charge in [0.25, 0.3) is 0 Å². The Bertz CT molecular complexity index is 758. The van der Waals surface area contributed by atoms with Crippen molar-refractivity contribution in [3.8, 4) is 0 Å². The maximum absolute atomic E-state index is 12.3. The van der Waals surface area contributed by atoms with Crippen LogP contribution in [0.4, 0.5) is 4.79 Å². The molecule has 2 amide bonds. The van der Waals surface area contributed by atoms with Crippen molar-refractivity contribution in [3.05, 3.63) is 48.0 Å². The summed E-state index contributed by atoms with van der Waals surface area (Å²) in [5.41, 5.74) is 1.07. The van der Waals surface area contributed by atoms with E-state index in [2.05, 4.69) is 34.9 Å². The number of carbonyl (C=O) groups excluding carboxylic acids is 2. The summed E-state index contributed by atoms with van der Waals surface area (Å²) < 4.78 is 5.01. The van der Waals surface area contributed by atoms with Crippen LogP contribution >= 0.6 is 0 Å². The molecule has 5 nitrogen and oxygen atoms in total. The third-order valence-corrected chi connectivity index (χ3v) is 4.12. The summed E-state index contributed by atoms with van der Waals surface area (Å²) in [7, 11) is 0. The van der Waals surface area contributed by atoms with Crippen LogP contribution in [0.1, 0.15) is 45.7 Å². The first-order valence-corrected chi connectivity index (χ1v) is 9.07. The second-order valence-corrected chi connectivity index (χ2v) is 7.04. The van der Waals surface area contributed by atoms with Crippen LogP contribution in [0.15, 0.2) is 42.5 Å². The lowest BCUT2D eigenvalue weighted by Crippen LogP contribution is -2.34. The van der Waals surface area contributed by atoms with Crippen LogP contribution in [0.3, 0.4) is 0 Å². The first-order valence-electron chi connectivity index (χ1n) is 9.07. The Labute approximate surface area is 155 Å². The molecule has 0 radical (unpaired) electrons. The van der Waals surface area contributed by atoms with E-state index < -0.39 is 6.09 Å². The fourth-order valence-electron chi connectivity index (χ4n) is 2.76. The molecule has 0 aromatic heterocycles. The minimum atomic E-state index is -0.447. The van der Waals surface area contributed by atoms with Gasteiger partial charge in [-0.2, -0.15) is 0 Å². The number of rotatable bonds is 7. The van der Waals surface area contributed by atoms with Gasteiger partial charge in [0.05, 0.1) is 12.1 Å². The SMILES string of the molecule is CC(CNC(=O)OC(C)C)CC(=O)NC(C)c1ccc2ccccc2c1. The number of amides is 2. The minimum absolute atomic E-state index is 0.0264. The zero-order valence-electron chi connectivity index (χ0n) is 15.9. The Balaban J connectivity index is 1.83. The van der Waals surface area contributed by atoms with E-state index in [0.29, 0.717) is 13.0 Å². The number of alkyl carbamates (subject to hydrolysis) is 1. The Hall–Kier alpha value is -2.56. The first kappa shape index (κ1) is 19.8. The molecule has 2 unspecified atom stereocenters. The predicted molar refractivity (Wildman–Crippen MR) is 104 cm³/mol. The molecule has 0 aliphatic heterocycles. The van der Waals surface area contributed by atoms with Crippen molar-refractivity contribution >= 4 is 22.8 Å². The molecule has 26 heavy (non-hydrogen) atoms. The van der Waals surface area contributed by atoms with Crippen LogP contribution in [0.25, 0.3) is 10.8 Å². The van der Waals surface area contributed by atoms with Crippen molar-refractivity contribution in [2.75, 3.05) is 6.54 Å². The van der Waals surface area contributed by atoms with Gasteiger partial charge in [0.2, 0.25) is 5.91 Å². The number of hydrogen-bond acceptors (Lipinski definition) is 3.